The fourth-order valence-electron chi connectivity index (χ4n) is 3.19. The lowest BCUT2D eigenvalue weighted by Gasteiger charge is -2.42. The number of nitrogens with zero attached hydrogens (tertiary/aromatic N) is 3. The molecular formula is C17H16N4O3. The van der Waals surface area contributed by atoms with Crippen molar-refractivity contribution in [3.8, 4) is 0 Å². The highest BCUT2D eigenvalue weighted by Gasteiger charge is 2.43. The Labute approximate surface area is 138 Å². The van der Waals surface area contributed by atoms with Gasteiger partial charge in [-0.2, -0.15) is 0 Å². The first-order chi connectivity index (χ1) is 11.5. The van der Waals surface area contributed by atoms with Crippen LogP contribution in [0.3, 0.4) is 0 Å². The normalized spacial score (nSPS) is 18.0. The van der Waals surface area contributed by atoms with Gasteiger partial charge in [-0.3, -0.25) is 19.5 Å². The van der Waals surface area contributed by atoms with E-state index < -0.39 is 0 Å². The van der Waals surface area contributed by atoms with E-state index in [1.807, 2.05) is 25.1 Å². The van der Waals surface area contributed by atoms with E-state index in [0.29, 0.717) is 18.7 Å². The highest BCUT2D eigenvalue weighted by atomic mass is 16.2. The highest BCUT2D eigenvalue weighted by Crippen LogP contribution is 2.23. The average molecular weight is 324 g/mol. The zero-order valence-electron chi connectivity index (χ0n) is 13.2. The molecule has 0 spiro atoms. The second-order valence-electron chi connectivity index (χ2n) is 6.15. The van der Waals surface area contributed by atoms with E-state index in [1.165, 1.54) is 4.90 Å². The molecule has 7 heteroatoms. The summed E-state index contributed by atoms with van der Waals surface area (Å²) in [5, 5.41) is 3.45. The topological polar surface area (TPSA) is 82.6 Å². The number of fused-ring (bicyclic) bond motifs is 1. The molecule has 2 fully saturated rings. The van der Waals surface area contributed by atoms with Gasteiger partial charge in [-0.25, -0.2) is 4.79 Å². The second kappa shape index (κ2) is 5.30. The lowest BCUT2D eigenvalue weighted by Crippen LogP contribution is -2.62. The van der Waals surface area contributed by atoms with E-state index in [4.69, 9.17) is 0 Å². The van der Waals surface area contributed by atoms with Gasteiger partial charge in [0, 0.05) is 30.2 Å². The van der Waals surface area contributed by atoms with Crippen molar-refractivity contribution >= 4 is 28.7 Å². The van der Waals surface area contributed by atoms with Crippen molar-refractivity contribution in [1.82, 2.24) is 20.1 Å². The van der Waals surface area contributed by atoms with Crippen LogP contribution in [0.2, 0.25) is 0 Å². The molecule has 2 aliphatic heterocycles. The van der Waals surface area contributed by atoms with Crippen molar-refractivity contribution in [3.63, 3.8) is 0 Å². The van der Waals surface area contributed by atoms with Crippen molar-refractivity contribution < 1.29 is 14.4 Å². The van der Waals surface area contributed by atoms with Crippen LogP contribution in [0, 0.1) is 6.92 Å². The Morgan fingerprint density at radius 2 is 2.04 bits per heavy atom. The number of amides is 4. The smallest absolute Gasteiger partial charge is 0.324 e. The van der Waals surface area contributed by atoms with Gasteiger partial charge in [0.2, 0.25) is 5.91 Å². The molecule has 4 amide bonds. The van der Waals surface area contributed by atoms with Crippen LogP contribution in [-0.2, 0) is 4.79 Å². The maximum Gasteiger partial charge on any atom is 0.324 e. The minimum absolute atomic E-state index is 0.0419. The number of pyridine rings is 1. The van der Waals surface area contributed by atoms with Gasteiger partial charge in [0.25, 0.3) is 5.91 Å². The Balaban J connectivity index is 1.51. The monoisotopic (exact) mass is 324 g/mol. The van der Waals surface area contributed by atoms with Crippen LogP contribution in [0.25, 0.3) is 10.9 Å². The summed E-state index contributed by atoms with van der Waals surface area (Å²) in [6, 6.07) is 6.76. The number of aromatic nitrogens is 1. The van der Waals surface area contributed by atoms with Gasteiger partial charge in [-0.15, -0.1) is 0 Å². The first kappa shape index (κ1) is 14.6. The summed E-state index contributed by atoms with van der Waals surface area (Å²) in [5.74, 6) is -0.326. The molecule has 4 rings (SSSR count). The summed E-state index contributed by atoms with van der Waals surface area (Å²) in [6.45, 7) is 2.78. The molecule has 3 heterocycles. The summed E-state index contributed by atoms with van der Waals surface area (Å²) in [6.07, 6.45) is 1.75. The van der Waals surface area contributed by atoms with Crippen molar-refractivity contribution in [2.75, 3.05) is 19.6 Å². The van der Waals surface area contributed by atoms with Crippen molar-refractivity contribution in [1.29, 1.82) is 0 Å². The van der Waals surface area contributed by atoms with Gasteiger partial charge in [-0.1, -0.05) is 0 Å². The number of benzene rings is 1. The van der Waals surface area contributed by atoms with Crippen molar-refractivity contribution in [3.05, 3.63) is 41.6 Å². The molecule has 0 unspecified atom stereocenters. The first-order valence-electron chi connectivity index (χ1n) is 7.79. The number of likely N-dealkylation sites (tertiary alicyclic amines) is 1. The van der Waals surface area contributed by atoms with Gasteiger partial charge in [0.05, 0.1) is 18.1 Å². The molecule has 0 radical (unpaired) electrons. The molecule has 1 aromatic carbocycles. The number of hydrogen-bond donors (Lipinski definition) is 1. The first-order valence-corrected chi connectivity index (χ1v) is 7.79. The third-order valence-corrected chi connectivity index (χ3v) is 4.60. The molecule has 122 valence electrons. The van der Waals surface area contributed by atoms with Crippen LogP contribution >= 0.6 is 0 Å². The largest absolute Gasteiger partial charge is 0.334 e. The van der Waals surface area contributed by atoms with Crippen LogP contribution in [0.5, 0.6) is 0 Å². The van der Waals surface area contributed by atoms with Crippen LogP contribution in [0.4, 0.5) is 4.79 Å². The fourth-order valence-corrected chi connectivity index (χ4v) is 3.19. The summed E-state index contributed by atoms with van der Waals surface area (Å²) in [7, 11) is 0. The lowest BCUT2D eigenvalue weighted by atomic mass is 10.0. The number of aryl methyl sites for hydroxylation is 1. The van der Waals surface area contributed by atoms with Gasteiger partial charge >= 0.3 is 6.03 Å². The minimum atomic E-state index is -0.371. The predicted octanol–water partition coefficient (Wildman–Crippen LogP) is 0.919. The fraction of sp³-hybridized carbons (Fsp3) is 0.294. The third kappa shape index (κ3) is 2.20. The molecule has 0 bridgehead atoms. The Morgan fingerprint density at radius 3 is 2.75 bits per heavy atom. The molecule has 2 aliphatic rings. The average Bonchev–Trinajstić information content (AvgIpc) is 2.86. The van der Waals surface area contributed by atoms with Gasteiger partial charge in [0.1, 0.15) is 0 Å². The lowest BCUT2D eigenvalue weighted by molar-refractivity contribution is -0.128. The van der Waals surface area contributed by atoms with Crippen LogP contribution in [-0.4, -0.2) is 58.3 Å². The van der Waals surface area contributed by atoms with Crippen molar-refractivity contribution in [2.45, 2.75) is 13.0 Å². The molecule has 0 atom stereocenters. The standard InChI is InChI=1S/C17H16N4O3/c1-10-4-5-18-14-3-2-11(6-13(10)14)16(23)20-8-12(9-20)21-15(22)7-19-17(21)24/h2-6,12H,7-9H2,1H3,(H,19,24). The number of hydrogen-bond acceptors (Lipinski definition) is 4. The van der Waals surface area contributed by atoms with E-state index in [1.54, 1.807) is 17.2 Å². The molecule has 1 N–H and O–H groups in total. The summed E-state index contributed by atoms with van der Waals surface area (Å²) in [5.41, 5.74) is 2.51. The molecule has 24 heavy (non-hydrogen) atoms. The van der Waals surface area contributed by atoms with Crippen molar-refractivity contribution in [2.24, 2.45) is 0 Å². The maximum absolute atomic E-state index is 12.6. The molecule has 0 aliphatic carbocycles. The summed E-state index contributed by atoms with van der Waals surface area (Å²) < 4.78 is 0. The molecule has 0 saturated carbocycles. The summed E-state index contributed by atoms with van der Waals surface area (Å²) >= 11 is 0. The number of imide groups is 1. The summed E-state index contributed by atoms with van der Waals surface area (Å²) in [4.78, 5) is 43.1. The molecular weight excluding hydrogens is 308 g/mol. The number of carbonyl (C=O) groups excluding carboxylic acids is 3. The van der Waals surface area contributed by atoms with E-state index in [2.05, 4.69) is 10.3 Å². The Bertz CT molecular complexity index is 857. The second-order valence-corrected chi connectivity index (χ2v) is 6.15. The third-order valence-electron chi connectivity index (χ3n) is 4.60. The quantitative estimate of drug-likeness (QED) is 0.833. The molecule has 1 aromatic heterocycles. The van der Waals surface area contributed by atoms with E-state index >= 15 is 0 Å². The Hall–Kier alpha value is -2.96. The predicted molar refractivity (Wildman–Crippen MR) is 86.4 cm³/mol. The van der Waals surface area contributed by atoms with Gasteiger partial charge in [-0.05, 0) is 36.8 Å². The molecule has 2 aromatic rings. The number of urea groups is 1. The SMILES string of the molecule is Cc1ccnc2ccc(C(=O)N3CC(N4C(=O)CNC4=O)C3)cc12. The number of carbonyl (C=O) groups is 3. The molecule has 2 saturated heterocycles. The zero-order chi connectivity index (χ0) is 16.8. The number of nitrogens with one attached hydrogen (secondary N) is 1. The zero-order valence-corrected chi connectivity index (χ0v) is 13.2. The Kier molecular flexibility index (Phi) is 3.23. The molecule has 7 nitrogen and oxygen atoms in total. The van der Waals surface area contributed by atoms with Crippen LogP contribution in [0.15, 0.2) is 30.5 Å². The van der Waals surface area contributed by atoms with Crippen LogP contribution < -0.4 is 5.32 Å². The van der Waals surface area contributed by atoms with Gasteiger partial charge < -0.3 is 10.2 Å². The van der Waals surface area contributed by atoms with E-state index in [9.17, 15) is 14.4 Å². The van der Waals surface area contributed by atoms with Crippen LogP contribution in [0.1, 0.15) is 15.9 Å². The highest BCUT2D eigenvalue weighted by molar-refractivity contribution is 6.03. The maximum atomic E-state index is 12.6. The van der Waals surface area contributed by atoms with E-state index in [0.717, 1.165) is 16.5 Å². The van der Waals surface area contributed by atoms with E-state index in [-0.39, 0.29) is 30.4 Å². The van der Waals surface area contributed by atoms with Gasteiger partial charge in [0.15, 0.2) is 0 Å². The number of rotatable bonds is 2. The Morgan fingerprint density at radius 1 is 1.25 bits per heavy atom. The minimum Gasteiger partial charge on any atom is -0.334 e.